The maximum absolute atomic E-state index is 13.2. The number of rotatable bonds is 4. The molecule has 0 unspecified atom stereocenters. The Morgan fingerprint density at radius 2 is 2.38 bits per heavy atom. The number of halogens is 1. The van der Waals surface area contributed by atoms with Gasteiger partial charge in [0.05, 0.1) is 5.56 Å². The van der Waals surface area contributed by atoms with E-state index in [1.807, 2.05) is 0 Å². The smallest absolute Gasteiger partial charge is 0.338 e. The minimum absolute atomic E-state index is 0.165. The highest BCUT2D eigenvalue weighted by atomic mass is 19.1. The van der Waals surface area contributed by atoms with E-state index in [1.54, 1.807) is 12.2 Å². The van der Waals surface area contributed by atoms with Crippen LogP contribution in [0.25, 0.3) is 16.5 Å². The van der Waals surface area contributed by atoms with E-state index in [0.717, 1.165) is 6.07 Å². The summed E-state index contributed by atoms with van der Waals surface area (Å²) in [7, 11) is 0. The molecule has 0 aliphatic carbocycles. The average Bonchev–Trinajstić information content (AvgIpc) is 2.24. The lowest BCUT2D eigenvalue weighted by Gasteiger charge is -1.98. The number of hydrogen-bond acceptors (Lipinski definition) is 2. The third-order valence-electron chi connectivity index (χ3n) is 1.78. The first-order valence-electron chi connectivity index (χ1n) is 4.35. The first kappa shape index (κ1) is 11.7. The summed E-state index contributed by atoms with van der Waals surface area (Å²) in [5.41, 5.74) is 8.15. The van der Waals surface area contributed by atoms with Gasteiger partial charge < -0.3 is 5.11 Å². The highest BCUT2D eigenvalue weighted by Gasteiger charge is 2.08. The molecule has 0 aliphatic rings. The van der Waals surface area contributed by atoms with Crippen molar-refractivity contribution < 1.29 is 14.3 Å². The molecule has 0 saturated carbocycles. The average molecular weight is 221 g/mol. The summed E-state index contributed by atoms with van der Waals surface area (Å²) in [6.07, 6.45) is 3.10. The van der Waals surface area contributed by atoms with E-state index >= 15 is 0 Å². The molecule has 0 bridgehead atoms. The van der Waals surface area contributed by atoms with Crippen LogP contribution in [0.5, 0.6) is 0 Å². The first-order chi connectivity index (χ1) is 7.65. The monoisotopic (exact) mass is 221 g/mol. The number of carbonyl (C=O) groups is 1. The first-order valence-corrected chi connectivity index (χ1v) is 4.35. The standard InChI is InChI=1S/C10H8FN3O2/c11-9-6-7(2-1-5-13-14-12)3-4-8(9)10(15)16/h1-4,6H,5H2,(H,15,16). The number of aromatic carboxylic acids is 1. The summed E-state index contributed by atoms with van der Waals surface area (Å²) < 4.78 is 13.2. The van der Waals surface area contributed by atoms with Crippen LogP contribution in [0.15, 0.2) is 29.4 Å². The molecule has 0 spiro atoms. The Labute approximate surface area is 90.5 Å². The Morgan fingerprint density at radius 3 is 2.94 bits per heavy atom. The van der Waals surface area contributed by atoms with Crippen LogP contribution in [0.1, 0.15) is 15.9 Å². The molecular formula is C10H8FN3O2. The van der Waals surface area contributed by atoms with Gasteiger partial charge in [0, 0.05) is 11.5 Å². The van der Waals surface area contributed by atoms with Crippen molar-refractivity contribution >= 4 is 12.0 Å². The zero-order chi connectivity index (χ0) is 12.0. The highest BCUT2D eigenvalue weighted by molar-refractivity contribution is 5.88. The molecule has 0 heterocycles. The zero-order valence-electron chi connectivity index (χ0n) is 8.17. The SMILES string of the molecule is [N-]=[N+]=NCC=Cc1ccc(C(=O)O)c(F)c1. The van der Waals surface area contributed by atoms with Crippen LogP contribution in [0.3, 0.4) is 0 Å². The molecule has 1 N–H and O–H groups in total. The quantitative estimate of drug-likeness (QED) is 0.481. The lowest BCUT2D eigenvalue weighted by atomic mass is 10.1. The van der Waals surface area contributed by atoms with Gasteiger partial charge in [0.15, 0.2) is 0 Å². The Kier molecular flexibility index (Phi) is 4.06. The summed E-state index contributed by atoms with van der Waals surface area (Å²) in [5.74, 6) is -2.10. The molecule has 0 fully saturated rings. The van der Waals surface area contributed by atoms with Crippen molar-refractivity contribution in [3.8, 4) is 0 Å². The molecule has 1 rings (SSSR count). The van der Waals surface area contributed by atoms with Crippen LogP contribution in [-0.4, -0.2) is 17.6 Å². The van der Waals surface area contributed by atoms with Crippen LogP contribution in [0.2, 0.25) is 0 Å². The van der Waals surface area contributed by atoms with E-state index in [9.17, 15) is 9.18 Å². The van der Waals surface area contributed by atoms with Crippen molar-refractivity contribution in [2.24, 2.45) is 5.11 Å². The second kappa shape index (κ2) is 5.53. The third-order valence-corrected chi connectivity index (χ3v) is 1.78. The molecule has 1 aromatic carbocycles. The number of azide groups is 1. The van der Waals surface area contributed by atoms with Gasteiger partial charge >= 0.3 is 5.97 Å². The fourth-order valence-electron chi connectivity index (χ4n) is 1.08. The summed E-state index contributed by atoms with van der Waals surface area (Å²) in [6.45, 7) is 0.165. The lowest BCUT2D eigenvalue weighted by Crippen LogP contribution is -2.00. The molecule has 0 radical (unpaired) electrons. The van der Waals surface area contributed by atoms with Gasteiger partial charge in [-0.25, -0.2) is 9.18 Å². The predicted molar refractivity (Wildman–Crippen MR) is 56.4 cm³/mol. The topological polar surface area (TPSA) is 86.1 Å². The molecule has 16 heavy (non-hydrogen) atoms. The fourth-order valence-corrected chi connectivity index (χ4v) is 1.08. The molecule has 6 heteroatoms. The van der Waals surface area contributed by atoms with Crippen molar-refractivity contribution in [2.45, 2.75) is 0 Å². The van der Waals surface area contributed by atoms with Crippen LogP contribution in [-0.2, 0) is 0 Å². The second-order valence-electron chi connectivity index (χ2n) is 2.86. The molecule has 0 aliphatic heterocycles. The Hall–Kier alpha value is -2.33. The van der Waals surface area contributed by atoms with E-state index in [4.69, 9.17) is 10.6 Å². The third kappa shape index (κ3) is 3.11. The van der Waals surface area contributed by atoms with Gasteiger partial charge in [-0.3, -0.25) is 0 Å². The van der Waals surface area contributed by atoms with Gasteiger partial charge in [0.2, 0.25) is 0 Å². The molecule has 5 nitrogen and oxygen atoms in total. The number of benzene rings is 1. The number of hydrogen-bond donors (Lipinski definition) is 1. The van der Waals surface area contributed by atoms with Crippen LogP contribution in [0.4, 0.5) is 4.39 Å². The van der Waals surface area contributed by atoms with Gasteiger partial charge in [0.1, 0.15) is 5.82 Å². The van der Waals surface area contributed by atoms with Gasteiger partial charge in [-0.2, -0.15) is 0 Å². The summed E-state index contributed by atoms with van der Waals surface area (Å²) in [6, 6.07) is 3.76. The van der Waals surface area contributed by atoms with Gasteiger partial charge in [0.25, 0.3) is 0 Å². The predicted octanol–water partition coefficient (Wildman–Crippen LogP) is 2.85. The van der Waals surface area contributed by atoms with E-state index < -0.39 is 11.8 Å². The molecule has 0 aromatic heterocycles. The number of carboxylic acid groups (broad SMARTS) is 1. The van der Waals surface area contributed by atoms with Crippen molar-refractivity contribution in [1.29, 1.82) is 0 Å². The van der Waals surface area contributed by atoms with E-state index in [-0.39, 0.29) is 12.1 Å². The van der Waals surface area contributed by atoms with E-state index in [0.29, 0.717) is 5.56 Å². The lowest BCUT2D eigenvalue weighted by molar-refractivity contribution is 0.0692. The Balaban J connectivity index is 2.85. The van der Waals surface area contributed by atoms with Crippen LogP contribution in [0, 0.1) is 5.82 Å². The molecular weight excluding hydrogens is 213 g/mol. The second-order valence-corrected chi connectivity index (χ2v) is 2.86. The van der Waals surface area contributed by atoms with Crippen molar-refractivity contribution in [2.75, 3.05) is 6.54 Å². The summed E-state index contributed by atoms with van der Waals surface area (Å²) in [5, 5.41) is 11.9. The fraction of sp³-hybridized carbons (Fsp3) is 0.100. The normalized spacial score (nSPS) is 10.1. The molecule has 82 valence electrons. The van der Waals surface area contributed by atoms with E-state index in [2.05, 4.69) is 10.0 Å². The van der Waals surface area contributed by atoms with Gasteiger partial charge in [-0.1, -0.05) is 23.3 Å². The largest absolute Gasteiger partial charge is 0.478 e. The molecule has 0 atom stereocenters. The molecule has 0 amide bonds. The molecule has 0 saturated heterocycles. The maximum Gasteiger partial charge on any atom is 0.338 e. The maximum atomic E-state index is 13.2. The van der Waals surface area contributed by atoms with Crippen molar-refractivity contribution in [1.82, 2.24) is 0 Å². The van der Waals surface area contributed by atoms with Gasteiger partial charge in [-0.05, 0) is 23.2 Å². The summed E-state index contributed by atoms with van der Waals surface area (Å²) >= 11 is 0. The highest BCUT2D eigenvalue weighted by Crippen LogP contribution is 2.11. The Bertz CT molecular complexity index is 479. The number of nitrogens with zero attached hydrogens (tertiary/aromatic N) is 3. The number of carboxylic acids is 1. The van der Waals surface area contributed by atoms with Crippen LogP contribution < -0.4 is 0 Å². The van der Waals surface area contributed by atoms with Crippen molar-refractivity contribution in [3.63, 3.8) is 0 Å². The summed E-state index contributed by atoms with van der Waals surface area (Å²) in [4.78, 5) is 13.1. The van der Waals surface area contributed by atoms with Gasteiger partial charge in [-0.15, -0.1) is 0 Å². The Morgan fingerprint density at radius 1 is 1.62 bits per heavy atom. The van der Waals surface area contributed by atoms with E-state index in [1.165, 1.54) is 12.1 Å². The van der Waals surface area contributed by atoms with Crippen molar-refractivity contribution in [3.05, 3.63) is 51.7 Å². The minimum Gasteiger partial charge on any atom is -0.478 e. The minimum atomic E-state index is -1.30. The van der Waals surface area contributed by atoms with Crippen LogP contribution >= 0.6 is 0 Å². The molecule has 1 aromatic rings. The zero-order valence-corrected chi connectivity index (χ0v) is 8.17.